The van der Waals surface area contributed by atoms with Crippen LogP contribution in [0.1, 0.15) is 22.6 Å². The highest BCUT2D eigenvalue weighted by molar-refractivity contribution is 7.97. The molecule has 1 heterocycles. The summed E-state index contributed by atoms with van der Waals surface area (Å²) in [5.74, 6) is 1.86. The van der Waals surface area contributed by atoms with Crippen molar-refractivity contribution in [3.63, 3.8) is 0 Å². The van der Waals surface area contributed by atoms with Crippen LogP contribution in [-0.2, 0) is 17.7 Å². The SMILES string of the molecule is Cc1cc(CSCc2cccc(C(F)(F)F)c2)no1. The van der Waals surface area contributed by atoms with Crippen molar-refractivity contribution in [3.8, 4) is 0 Å². The quantitative estimate of drug-likeness (QED) is 0.831. The Kier molecular flexibility index (Phi) is 4.19. The van der Waals surface area contributed by atoms with Gasteiger partial charge in [0.25, 0.3) is 0 Å². The Hall–Kier alpha value is -1.43. The van der Waals surface area contributed by atoms with Crippen LogP contribution in [0.4, 0.5) is 13.2 Å². The molecule has 0 aliphatic rings. The molecule has 2 nitrogen and oxygen atoms in total. The van der Waals surface area contributed by atoms with Crippen LogP contribution in [0.2, 0.25) is 0 Å². The molecule has 19 heavy (non-hydrogen) atoms. The van der Waals surface area contributed by atoms with Crippen LogP contribution in [0.3, 0.4) is 0 Å². The van der Waals surface area contributed by atoms with Crippen LogP contribution in [0.5, 0.6) is 0 Å². The Morgan fingerprint density at radius 3 is 2.63 bits per heavy atom. The molecule has 0 spiro atoms. The molecule has 0 aliphatic heterocycles. The molecule has 2 aromatic rings. The second kappa shape index (κ2) is 5.69. The van der Waals surface area contributed by atoms with Gasteiger partial charge in [0, 0.05) is 17.6 Å². The Morgan fingerprint density at radius 2 is 2.00 bits per heavy atom. The van der Waals surface area contributed by atoms with E-state index in [4.69, 9.17) is 4.52 Å². The molecule has 0 atom stereocenters. The minimum absolute atomic E-state index is 0.510. The average Bonchev–Trinajstić information content (AvgIpc) is 2.74. The first-order valence-electron chi connectivity index (χ1n) is 5.61. The molecule has 0 fully saturated rings. The number of halogens is 3. The first-order valence-corrected chi connectivity index (χ1v) is 6.77. The van der Waals surface area contributed by atoms with Gasteiger partial charge in [0.15, 0.2) is 0 Å². The summed E-state index contributed by atoms with van der Waals surface area (Å²) in [5, 5.41) is 3.83. The minimum Gasteiger partial charge on any atom is -0.361 e. The molecular weight excluding hydrogens is 275 g/mol. The van der Waals surface area contributed by atoms with E-state index in [1.165, 1.54) is 23.9 Å². The van der Waals surface area contributed by atoms with Crippen LogP contribution in [-0.4, -0.2) is 5.16 Å². The van der Waals surface area contributed by atoms with E-state index in [0.29, 0.717) is 17.1 Å². The fourth-order valence-electron chi connectivity index (χ4n) is 1.60. The van der Waals surface area contributed by atoms with E-state index in [1.54, 1.807) is 13.0 Å². The molecule has 0 N–H and O–H groups in total. The molecule has 102 valence electrons. The van der Waals surface area contributed by atoms with Gasteiger partial charge >= 0.3 is 6.18 Å². The van der Waals surface area contributed by atoms with Crippen molar-refractivity contribution in [1.82, 2.24) is 5.16 Å². The summed E-state index contributed by atoms with van der Waals surface area (Å²) in [7, 11) is 0. The van der Waals surface area contributed by atoms with Crippen molar-refractivity contribution in [2.24, 2.45) is 0 Å². The molecule has 2 rings (SSSR count). The third-order valence-electron chi connectivity index (χ3n) is 2.45. The lowest BCUT2D eigenvalue weighted by molar-refractivity contribution is -0.137. The van der Waals surface area contributed by atoms with E-state index in [1.807, 2.05) is 6.07 Å². The fraction of sp³-hybridized carbons (Fsp3) is 0.308. The summed E-state index contributed by atoms with van der Waals surface area (Å²) in [5.41, 5.74) is 0.845. The van der Waals surface area contributed by atoms with E-state index < -0.39 is 11.7 Å². The average molecular weight is 287 g/mol. The van der Waals surface area contributed by atoms with Gasteiger partial charge in [-0.2, -0.15) is 24.9 Å². The summed E-state index contributed by atoms with van der Waals surface area (Å²) >= 11 is 1.50. The summed E-state index contributed by atoms with van der Waals surface area (Å²) in [6.07, 6.45) is -4.29. The Labute approximate surface area is 113 Å². The number of aryl methyl sites for hydroxylation is 1. The lowest BCUT2D eigenvalue weighted by Gasteiger charge is -2.08. The topological polar surface area (TPSA) is 26.0 Å². The lowest BCUT2D eigenvalue weighted by atomic mass is 10.1. The summed E-state index contributed by atoms with van der Waals surface area (Å²) in [4.78, 5) is 0. The number of benzene rings is 1. The molecule has 0 saturated heterocycles. The van der Waals surface area contributed by atoms with Crippen LogP contribution >= 0.6 is 11.8 Å². The van der Waals surface area contributed by atoms with Crippen molar-refractivity contribution >= 4 is 11.8 Å². The Balaban J connectivity index is 1.93. The molecule has 1 aromatic carbocycles. The molecule has 0 saturated carbocycles. The summed E-state index contributed by atoms with van der Waals surface area (Å²) in [6.45, 7) is 1.80. The molecule has 0 unspecified atom stereocenters. The van der Waals surface area contributed by atoms with Crippen molar-refractivity contribution in [1.29, 1.82) is 0 Å². The molecule has 0 aliphatic carbocycles. The van der Waals surface area contributed by atoms with Gasteiger partial charge in [-0.3, -0.25) is 0 Å². The van der Waals surface area contributed by atoms with Crippen LogP contribution in [0, 0.1) is 6.92 Å². The number of hydrogen-bond donors (Lipinski definition) is 0. The predicted molar refractivity (Wildman–Crippen MR) is 67.7 cm³/mol. The van der Waals surface area contributed by atoms with Crippen LogP contribution in [0.15, 0.2) is 34.9 Å². The standard InChI is InChI=1S/C13H12F3NOS/c1-9-5-12(17-18-9)8-19-7-10-3-2-4-11(6-10)13(14,15)16/h2-6H,7-8H2,1H3. The van der Waals surface area contributed by atoms with Gasteiger partial charge in [-0.1, -0.05) is 23.4 Å². The highest BCUT2D eigenvalue weighted by Crippen LogP contribution is 2.30. The first-order chi connectivity index (χ1) is 8.95. The molecular formula is C13H12F3NOS. The third-order valence-corrected chi connectivity index (χ3v) is 3.49. The first kappa shape index (κ1) is 14.0. The number of nitrogens with zero attached hydrogens (tertiary/aromatic N) is 1. The monoisotopic (exact) mass is 287 g/mol. The summed E-state index contributed by atoms with van der Waals surface area (Å²) < 4.78 is 42.5. The summed E-state index contributed by atoms with van der Waals surface area (Å²) in [6, 6.07) is 7.20. The van der Waals surface area contributed by atoms with Gasteiger partial charge in [-0.25, -0.2) is 0 Å². The number of hydrogen-bond acceptors (Lipinski definition) is 3. The number of aromatic nitrogens is 1. The van der Waals surface area contributed by atoms with Crippen molar-refractivity contribution < 1.29 is 17.7 Å². The number of thioether (sulfide) groups is 1. The molecule has 0 bridgehead atoms. The molecule has 0 amide bonds. The fourth-order valence-corrected chi connectivity index (χ4v) is 2.46. The molecule has 0 radical (unpaired) electrons. The minimum atomic E-state index is -4.29. The van der Waals surface area contributed by atoms with Crippen LogP contribution < -0.4 is 0 Å². The van der Waals surface area contributed by atoms with Gasteiger partial charge in [-0.05, 0) is 18.6 Å². The molecule has 1 aromatic heterocycles. The second-order valence-corrected chi connectivity index (χ2v) is 5.11. The number of rotatable bonds is 4. The predicted octanol–water partition coefficient (Wildman–Crippen LogP) is 4.44. The van der Waals surface area contributed by atoms with E-state index in [9.17, 15) is 13.2 Å². The zero-order valence-corrected chi connectivity index (χ0v) is 11.0. The normalized spacial score (nSPS) is 11.8. The van der Waals surface area contributed by atoms with E-state index in [-0.39, 0.29) is 0 Å². The van der Waals surface area contributed by atoms with E-state index >= 15 is 0 Å². The van der Waals surface area contributed by atoms with Gasteiger partial charge < -0.3 is 4.52 Å². The Bertz CT molecular complexity index is 551. The highest BCUT2D eigenvalue weighted by atomic mass is 32.2. The Morgan fingerprint density at radius 1 is 1.21 bits per heavy atom. The maximum atomic E-state index is 12.5. The van der Waals surface area contributed by atoms with E-state index in [0.717, 1.165) is 17.5 Å². The lowest BCUT2D eigenvalue weighted by Crippen LogP contribution is -2.04. The van der Waals surface area contributed by atoms with Crippen LogP contribution in [0.25, 0.3) is 0 Å². The maximum absolute atomic E-state index is 12.5. The second-order valence-electron chi connectivity index (χ2n) is 4.12. The maximum Gasteiger partial charge on any atom is 0.416 e. The highest BCUT2D eigenvalue weighted by Gasteiger charge is 2.30. The van der Waals surface area contributed by atoms with Gasteiger partial charge in [0.1, 0.15) is 5.76 Å². The largest absolute Gasteiger partial charge is 0.416 e. The van der Waals surface area contributed by atoms with Crippen molar-refractivity contribution in [3.05, 3.63) is 52.9 Å². The van der Waals surface area contributed by atoms with Gasteiger partial charge in [-0.15, -0.1) is 0 Å². The number of alkyl halides is 3. The van der Waals surface area contributed by atoms with Crippen molar-refractivity contribution in [2.45, 2.75) is 24.6 Å². The smallest absolute Gasteiger partial charge is 0.361 e. The van der Waals surface area contributed by atoms with E-state index in [2.05, 4.69) is 5.16 Å². The van der Waals surface area contributed by atoms with Crippen molar-refractivity contribution in [2.75, 3.05) is 0 Å². The molecule has 6 heteroatoms. The van der Waals surface area contributed by atoms with Gasteiger partial charge in [0.05, 0.1) is 11.3 Å². The zero-order chi connectivity index (χ0) is 13.9. The zero-order valence-electron chi connectivity index (χ0n) is 10.2. The third kappa shape index (κ3) is 4.02. The van der Waals surface area contributed by atoms with Gasteiger partial charge in [0.2, 0.25) is 0 Å².